The molecule has 1 aliphatic rings. The lowest BCUT2D eigenvalue weighted by atomic mass is 10.0. The van der Waals surface area contributed by atoms with Crippen LogP contribution < -0.4 is 5.32 Å². The van der Waals surface area contributed by atoms with E-state index in [0.717, 1.165) is 30.8 Å². The first-order chi connectivity index (χ1) is 8.22. The Labute approximate surface area is 112 Å². The van der Waals surface area contributed by atoms with Gasteiger partial charge in [0.1, 0.15) is 5.76 Å². The summed E-state index contributed by atoms with van der Waals surface area (Å²) in [5.41, 5.74) is 0.954. The zero-order chi connectivity index (χ0) is 12.3. The molecular formula is C13H15Cl2NO. The van der Waals surface area contributed by atoms with E-state index in [1.165, 1.54) is 0 Å². The molecule has 1 aromatic carbocycles. The number of allylic oxidation sites excluding steroid dienone is 1. The van der Waals surface area contributed by atoms with E-state index in [9.17, 15) is 0 Å². The number of hydrogen-bond donors (Lipinski definition) is 1. The van der Waals surface area contributed by atoms with E-state index in [4.69, 9.17) is 27.9 Å². The molecule has 17 heavy (non-hydrogen) atoms. The quantitative estimate of drug-likeness (QED) is 0.899. The summed E-state index contributed by atoms with van der Waals surface area (Å²) in [5, 5.41) is 4.60. The fourth-order valence-corrected chi connectivity index (χ4v) is 2.37. The molecule has 2 rings (SSSR count). The van der Waals surface area contributed by atoms with Crippen molar-refractivity contribution in [1.82, 2.24) is 5.32 Å². The molecule has 1 atom stereocenters. The Morgan fingerprint density at radius 3 is 2.82 bits per heavy atom. The third-order valence-corrected chi connectivity index (χ3v) is 3.38. The van der Waals surface area contributed by atoms with E-state index in [-0.39, 0.29) is 6.04 Å². The van der Waals surface area contributed by atoms with Gasteiger partial charge in [0.15, 0.2) is 0 Å². The molecule has 4 heteroatoms. The van der Waals surface area contributed by atoms with Gasteiger partial charge in [-0.05, 0) is 49.7 Å². The summed E-state index contributed by atoms with van der Waals surface area (Å²) in [6, 6.07) is 5.45. The van der Waals surface area contributed by atoms with Gasteiger partial charge in [-0.25, -0.2) is 0 Å². The Bertz CT molecular complexity index is 431. The first-order valence-corrected chi connectivity index (χ1v) is 6.43. The van der Waals surface area contributed by atoms with Crippen molar-refractivity contribution in [1.29, 1.82) is 0 Å². The van der Waals surface area contributed by atoms with Crippen LogP contribution in [0, 0.1) is 0 Å². The molecule has 1 heterocycles. The van der Waals surface area contributed by atoms with Gasteiger partial charge in [-0.2, -0.15) is 0 Å². The van der Waals surface area contributed by atoms with Crippen molar-refractivity contribution < 1.29 is 4.74 Å². The molecule has 0 aromatic heterocycles. The van der Waals surface area contributed by atoms with E-state index < -0.39 is 0 Å². The van der Waals surface area contributed by atoms with Gasteiger partial charge in [-0.1, -0.05) is 23.2 Å². The van der Waals surface area contributed by atoms with Crippen molar-refractivity contribution in [2.75, 3.05) is 13.7 Å². The number of likely N-dealkylation sites (N-methyl/N-ethyl adjacent to an activating group) is 1. The molecule has 0 amide bonds. The summed E-state index contributed by atoms with van der Waals surface area (Å²) in [6.07, 6.45) is 4.23. The molecule has 92 valence electrons. The van der Waals surface area contributed by atoms with Gasteiger partial charge in [-0.15, -0.1) is 0 Å². The second kappa shape index (κ2) is 5.76. The summed E-state index contributed by atoms with van der Waals surface area (Å²) in [4.78, 5) is 0. The monoisotopic (exact) mass is 271 g/mol. The molecule has 1 aromatic rings. The van der Waals surface area contributed by atoms with Gasteiger partial charge in [-0.3, -0.25) is 0 Å². The van der Waals surface area contributed by atoms with Crippen molar-refractivity contribution in [2.45, 2.75) is 18.9 Å². The molecule has 0 aliphatic carbocycles. The number of hydrogen-bond acceptors (Lipinski definition) is 2. The molecule has 1 unspecified atom stereocenters. The van der Waals surface area contributed by atoms with Crippen LogP contribution in [0.4, 0.5) is 0 Å². The van der Waals surface area contributed by atoms with Crippen LogP contribution in [-0.4, -0.2) is 13.7 Å². The van der Waals surface area contributed by atoms with Crippen LogP contribution in [0.15, 0.2) is 30.0 Å². The van der Waals surface area contributed by atoms with Crippen LogP contribution in [0.2, 0.25) is 10.0 Å². The van der Waals surface area contributed by atoms with Gasteiger partial charge in [0.05, 0.1) is 12.6 Å². The largest absolute Gasteiger partial charge is 0.496 e. The Kier molecular flexibility index (Phi) is 4.32. The molecule has 0 radical (unpaired) electrons. The highest BCUT2D eigenvalue weighted by Gasteiger charge is 2.20. The minimum Gasteiger partial charge on any atom is -0.496 e. The van der Waals surface area contributed by atoms with Crippen molar-refractivity contribution in [3.63, 3.8) is 0 Å². The van der Waals surface area contributed by atoms with E-state index in [2.05, 4.69) is 11.4 Å². The minimum atomic E-state index is -0.0264. The number of benzene rings is 1. The second-order valence-corrected chi connectivity index (χ2v) is 4.83. The lowest BCUT2D eigenvalue weighted by Gasteiger charge is -2.24. The number of halogens is 2. The zero-order valence-corrected chi connectivity index (χ0v) is 11.2. The third kappa shape index (κ3) is 2.95. The lowest BCUT2D eigenvalue weighted by molar-refractivity contribution is 0.169. The van der Waals surface area contributed by atoms with E-state index >= 15 is 0 Å². The maximum absolute atomic E-state index is 6.21. The fourth-order valence-electron chi connectivity index (χ4n) is 1.96. The summed E-state index contributed by atoms with van der Waals surface area (Å²) in [5.74, 6) is 0.933. The molecule has 0 saturated carbocycles. The summed E-state index contributed by atoms with van der Waals surface area (Å²) < 4.78 is 5.68. The molecular weight excluding hydrogens is 257 g/mol. The predicted octanol–water partition coefficient (Wildman–Crippen LogP) is 3.95. The molecule has 0 saturated heterocycles. The Hall–Kier alpha value is -0.700. The first kappa shape index (κ1) is 12.7. The van der Waals surface area contributed by atoms with E-state index in [0.29, 0.717) is 10.0 Å². The second-order valence-electron chi connectivity index (χ2n) is 3.98. The van der Waals surface area contributed by atoms with Crippen LogP contribution >= 0.6 is 23.2 Å². The van der Waals surface area contributed by atoms with E-state index in [1.807, 2.05) is 19.2 Å². The number of nitrogens with one attached hydrogen (secondary N) is 1. The highest BCUT2D eigenvalue weighted by molar-refractivity contribution is 6.33. The average Bonchev–Trinajstić information content (AvgIpc) is 2.36. The van der Waals surface area contributed by atoms with Crippen LogP contribution in [0.3, 0.4) is 0 Å². The van der Waals surface area contributed by atoms with Crippen LogP contribution in [0.5, 0.6) is 0 Å². The smallest absolute Gasteiger partial charge is 0.113 e. The molecule has 0 spiro atoms. The average molecular weight is 272 g/mol. The van der Waals surface area contributed by atoms with Crippen molar-refractivity contribution in [2.24, 2.45) is 0 Å². The summed E-state index contributed by atoms with van der Waals surface area (Å²) in [6.45, 7) is 0.766. The lowest BCUT2D eigenvalue weighted by Crippen LogP contribution is -2.22. The highest BCUT2D eigenvalue weighted by atomic mass is 35.5. The van der Waals surface area contributed by atoms with Crippen molar-refractivity contribution in [3.05, 3.63) is 45.6 Å². The van der Waals surface area contributed by atoms with Gasteiger partial charge in [0.25, 0.3) is 0 Å². The maximum atomic E-state index is 6.21. The third-order valence-electron chi connectivity index (χ3n) is 2.80. The van der Waals surface area contributed by atoms with Crippen LogP contribution in [0.1, 0.15) is 24.4 Å². The number of ether oxygens (including phenoxy) is 1. The molecule has 1 aliphatic heterocycles. The SMILES string of the molecule is CNC(C1=CCCCO1)c1cc(Cl)ccc1Cl. The standard InChI is InChI=1S/C13H15Cl2NO/c1-16-13(12-4-2-3-7-17-12)10-8-9(14)5-6-11(10)15/h4-6,8,13,16H,2-3,7H2,1H3. The molecule has 0 fully saturated rings. The Morgan fingerprint density at radius 1 is 1.35 bits per heavy atom. The molecule has 1 N–H and O–H groups in total. The van der Waals surface area contributed by atoms with E-state index in [1.54, 1.807) is 6.07 Å². The minimum absolute atomic E-state index is 0.0264. The van der Waals surface area contributed by atoms with Crippen LogP contribution in [0.25, 0.3) is 0 Å². The molecule has 0 bridgehead atoms. The summed E-state index contributed by atoms with van der Waals surface area (Å²) >= 11 is 12.2. The Morgan fingerprint density at radius 2 is 2.18 bits per heavy atom. The van der Waals surface area contributed by atoms with Gasteiger partial charge in [0.2, 0.25) is 0 Å². The number of rotatable bonds is 3. The normalized spacial score (nSPS) is 17.2. The van der Waals surface area contributed by atoms with Crippen LogP contribution in [-0.2, 0) is 4.74 Å². The zero-order valence-electron chi connectivity index (χ0n) is 9.67. The highest BCUT2D eigenvalue weighted by Crippen LogP contribution is 2.32. The van der Waals surface area contributed by atoms with Crippen molar-refractivity contribution >= 4 is 23.2 Å². The van der Waals surface area contributed by atoms with Crippen molar-refractivity contribution in [3.8, 4) is 0 Å². The first-order valence-electron chi connectivity index (χ1n) is 5.67. The Balaban J connectivity index is 2.34. The van der Waals surface area contributed by atoms with Gasteiger partial charge < -0.3 is 10.1 Å². The van der Waals surface area contributed by atoms with Gasteiger partial charge >= 0.3 is 0 Å². The fraction of sp³-hybridized carbons (Fsp3) is 0.385. The van der Waals surface area contributed by atoms with Gasteiger partial charge in [0, 0.05) is 10.0 Å². The maximum Gasteiger partial charge on any atom is 0.113 e. The predicted molar refractivity (Wildman–Crippen MR) is 71.5 cm³/mol. The molecule has 2 nitrogen and oxygen atoms in total. The summed E-state index contributed by atoms with van der Waals surface area (Å²) in [7, 11) is 1.89. The topological polar surface area (TPSA) is 21.3 Å².